The molecule has 7 heteroatoms. The number of aryl methyl sites for hydroxylation is 1. The van der Waals surface area contributed by atoms with E-state index in [0.717, 1.165) is 32.2 Å². The molecule has 3 atom stereocenters. The Morgan fingerprint density at radius 1 is 1.50 bits per heavy atom. The van der Waals surface area contributed by atoms with Crippen LogP contribution in [0.25, 0.3) is 0 Å². The van der Waals surface area contributed by atoms with Crippen molar-refractivity contribution in [3.8, 4) is 0 Å². The summed E-state index contributed by atoms with van der Waals surface area (Å²) in [5.74, 6) is 0.151. The Balaban J connectivity index is 1.58. The van der Waals surface area contributed by atoms with Crippen LogP contribution in [0.15, 0.2) is 12.7 Å². The number of carbonyl (C=O) groups is 1. The molecular weight excluding hydrogens is 284 g/mol. The fourth-order valence-electron chi connectivity index (χ4n) is 3.86. The summed E-state index contributed by atoms with van der Waals surface area (Å²) in [5, 5.41) is 14.0. The molecule has 1 N–H and O–H groups in total. The number of hydrogen-bond acceptors (Lipinski definition) is 5. The van der Waals surface area contributed by atoms with Gasteiger partial charge in [-0.05, 0) is 32.1 Å². The average molecular weight is 308 g/mol. The lowest BCUT2D eigenvalue weighted by molar-refractivity contribution is -0.140. The van der Waals surface area contributed by atoms with Crippen molar-refractivity contribution < 1.29 is 14.6 Å². The van der Waals surface area contributed by atoms with Gasteiger partial charge in [-0.15, -0.1) is 0 Å². The Morgan fingerprint density at radius 2 is 2.36 bits per heavy atom. The summed E-state index contributed by atoms with van der Waals surface area (Å²) >= 11 is 0. The van der Waals surface area contributed by atoms with Crippen LogP contribution >= 0.6 is 0 Å². The third-order valence-corrected chi connectivity index (χ3v) is 5.13. The van der Waals surface area contributed by atoms with Crippen LogP contribution in [0.1, 0.15) is 38.5 Å². The predicted molar refractivity (Wildman–Crippen MR) is 79.0 cm³/mol. The summed E-state index contributed by atoms with van der Waals surface area (Å²) in [4.78, 5) is 18.4. The molecule has 2 fully saturated rings. The summed E-state index contributed by atoms with van der Waals surface area (Å²) in [6.45, 7) is 1.43. The average Bonchev–Trinajstić information content (AvgIpc) is 3.15. The molecule has 1 aliphatic carbocycles. The maximum absolute atomic E-state index is 12.5. The van der Waals surface area contributed by atoms with E-state index in [-0.39, 0.29) is 23.7 Å². The number of fused-ring (bicyclic) bond motifs is 1. The molecule has 3 rings (SSSR count). The first-order valence-electron chi connectivity index (χ1n) is 8.00. The van der Waals surface area contributed by atoms with Crippen molar-refractivity contribution in [1.82, 2.24) is 19.7 Å². The number of likely N-dealkylation sites (tertiary alicyclic amines) is 1. The highest BCUT2D eigenvalue weighted by Crippen LogP contribution is 2.42. The van der Waals surface area contributed by atoms with Gasteiger partial charge >= 0.3 is 0 Å². The second-order valence-corrected chi connectivity index (χ2v) is 6.31. The molecule has 1 saturated heterocycles. The molecule has 0 spiro atoms. The third-order valence-electron chi connectivity index (χ3n) is 5.13. The Labute approximate surface area is 130 Å². The summed E-state index contributed by atoms with van der Waals surface area (Å²) in [7, 11) is 1.73. The van der Waals surface area contributed by atoms with Crippen molar-refractivity contribution in [3.63, 3.8) is 0 Å². The lowest BCUT2D eigenvalue weighted by atomic mass is 9.79. The van der Waals surface area contributed by atoms with Gasteiger partial charge in [0, 0.05) is 26.6 Å². The van der Waals surface area contributed by atoms with E-state index in [1.165, 1.54) is 6.33 Å². The lowest BCUT2D eigenvalue weighted by Crippen LogP contribution is -2.52. The van der Waals surface area contributed by atoms with Gasteiger partial charge < -0.3 is 14.7 Å². The Kier molecular flexibility index (Phi) is 4.44. The topological polar surface area (TPSA) is 80.5 Å². The number of rotatable bonds is 5. The van der Waals surface area contributed by atoms with E-state index in [2.05, 4.69) is 10.1 Å². The minimum Gasteiger partial charge on any atom is -0.393 e. The molecule has 1 saturated carbocycles. The minimum absolute atomic E-state index is 0.0140. The zero-order valence-corrected chi connectivity index (χ0v) is 13.0. The SMILES string of the molecule is CO[C@@]12CC[C@H](O)C[C@@H]1N(C(=O)CCCn1cncn1)CC2. The quantitative estimate of drug-likeness (QED) is 0.861. The van der Waals surface area contributed by atoms with Gasteiger partial charge in [-0.1, -0.05) is 0 Å². The molecule has 7 nitrogen and oxygen atoms in total. The first-order chi connectivity index (χ1) is 10.6. The molecule has 1 amide bonds. The highest BCUT2D eigenvalue weighted by Gasteiger charge is 2.52. The van der Waals surface area contributed by atoms with Crippen molar-refractivity contribution in [1.29, 1.82) is 0 Å². The number of amides is 1. The monoisotopic (exact) mass is 308 g/mol. The van der Waals surface area contributed by atoms with Crippen LogP contribution < -0.4 is 0 Å². The van der Waals surface area contributed by atoms with Crippen LogP contribution in [-0.2, 0) is 16.1 Å². The fraction of sp³-hybridized carbons (Fsp3) is 0.800. The molecular formula is C15H24N4O3. The number of aliphatic hydroxyl groups excluding tert-OH is 1. The van der Waals surface area contributed by atoms with Crippen LogP contribution in [0.2, 0.25) is 0 Å². The zero-order valence-electron chi connectivity index (χ0n) is 13.0. The standard InChI is InChI=1S/C15H24N4O3/c1-22-15-5-4-12(20)9-13(15)19(8-6-15)14(21)3-2-7-18-11-16-10-17-18/h10-13,20H,2-9H2,1H3/t12-,13-,15+/m0/s1. The molecule has 122 valence electrons. The smallest absolute Gasteiger partial charge is 0.222 e. The van der Waals surface area contributed by atoms with Gasteiger partial charge in [0.2, 0.25) is 5.91 Å². The second kappa shape index (κ2) is 6.34. The first-order valence-corrected chi connectivity index (χ1v) is 8.00. The first kappa shape index (κ1) is 15.4. The molecule has 0 unspecified atom stereocenters. The van der Waals surface area contributed by atoms with Crippen LogP contribution in [-0.4, -0.2) is 62.1 Å². The number of aromatic nitrogens is 3. The number of methoxy groups -OCH3 is 1. The van der Waals surface area contributed by atoms with Gasteiger partial charge in [0.1, 0.15) is 12.7 Å². The van der Waals surface area contributed by atoms with Gasteiger partial charge in [-0.25, -0.2) is 4.98 Å². The maximum atomic E-state index is 12.5. The molecule has 0 aromatic carbocycles. The van der Waals surface area contributed by atoms with Crippen LogP contribution in [0.3, 0.4) is 0 Å². The molecule has 22 heavy (non-hydrogen) atoms. The summed E-state index contributed by atoms with van der Waals surface area (Å²) in [6.07, 6.45) is 7.17. The summed E-state index contributed by atoms with van der Waals surface area (Å²) < 4.78 is 7.50. The zero-order chi connectivity index (χ0) is 15.6. The Hall–Kier alpha value is -1.47. The lowest BCUT2D eigenvalue weighted by Gasteiger charge is -2.42. The normalized spacial score (nSPS) is 31.3. The second-order valence-electron chi connectivity index (χ2n) is 6.31. The van der Waals surface area contributed by atoms with E-state index in [1.54, 1.807) is 18.1 Å². The fourth-order valence-corrected chi connectivity index (χ4v) is 3.86. The van der Waals surface area contributed by atoms with Crippen LogP contribution in [0.4, 0.5) is 0 Å². The molecule has 2 heterocycles. The number of ether oxygens (including phenoxy) is 1. The maximum Gasteiger partial charge on any atom is 0.222 e. The third kappa shape index (κ3) is 2.87. The van der Waals surface area contributed by atoms with Gasteiger partial charge in [0.15, 0.2) is 0 Å². The van der Waals surface area contributed by atoms with E-state index in [4.69, 9.17) is 4.74 Å². The van der Waals surface area contributed by atoms with Gasteiger partial charge in [0.25, 0.3) is 0 Å². The molecule has 0 bridgehead atoms. The van der Waals surface area contributed by atoms with Gasteiger partial charge in [-0.2, -0.15) is 5.10 Å². The molecule has 2 aliphatic rings. The van der Waals surface area contributed by atoms with E-state index >= 15 is 0 Å². The van der Waals surface area contributed by atoms with Gasteiger partial charge in [0.05, 0.1) is 17.7 Å². The predicted octanol–water partition coefficient (Wildman–Crippen LogP) is 0.589. The summed E-state index contributed by atoms with van der Waals surface area (Å²) in [6, 6.07) is 0.0140. The Bertz CT molecular complexity index is 507. The van der Waals surface area contributed by atoms with Crippen LogP contribution in [0, 0.1) is 0 Å². The minimum atomic E-state index is -0.322. The summed E-state index contributed by atoms with van der Waals surface area (Å²) in [5.41, 5.74) is -0.249. The van der Waals surface area contributed by atoms with Crippen LogP contribution in [0.5, 0.6) is 0 Å². The van der Waals surface area contributed by atoms with Crippen molar-refractivity contribution in [3.05, 3.63) is 12.7 Å². The van der Waals surface area contributed by atoms with E-state index in [9.17, 15) is 9.90 Å². The van der Waals surface area contributed by atoms with E-state index < -0.39 is 0 Å². The van der Waals surface area contributed by atoms with Gasteiger partial charge in [-0.3, -0.25) is 9.48 Å². The van der Waals surface area contributed by atoms with Crippen molar-refractivity contribution in [2.24, 2.45) is 0 Å². The van der Waals surface area contributed by atoms with E-state index in [1.807, 2.05) is 4.90 Å². The highest BCUT2D eigenvalue weighted by molar-refractivity contribution is 5.77. The molecule has 1 aliphatic heterocycles. The highest BCUT2D eigenvalue weighted by atomic mass is 16.5. The number of hydrogen-bond donors (Lipinski definition) is 1. The number of nitrogens with zero attached hydrogens (tertiary/aromatic N) is 4. The van der Waals surface area contributed by atoms with Crippen molar-refractivity contribution in [2.45, 2.75) is 62.8 Å². The molecule has 1 aromatic rings. The van der Waals surface area contributed by atoms with E-state index in [0.29, 0.717) is 19.4 Å². The van der Waals surface area contributed by atoms with Crippen molar-refractivity contribution in [2.75, 3.05) is 13.7 Å². The molecule has 1 aromatic heterocycles. The van der Waals surface area contributed by atoms with Crippen molar-refractivity contribution >= 4 is 5.91 Å². The number of carbonyl (C=O) groups excluding carboxylic acids is 1. The largest absolute Gasteiger partial charge is 0.393 e. The number of aliphatic hydroxyl groups is 1. The molecule has 0 radical (unpaired) electrons. The Morgan fingerprint density at radius 3 is 3.09 bits per heavy atom.